The van der Waals surface area contributed by atoms with Crippen molar-refractivity contribution in [1.82, 2.24) is 37.3 Å². The van der Waals surface area contributed by atoms with E-state index in [4.69, 9.17) is 15.0 Å². The van der Waals surface area contributed by atoms with Gasteiger partial charge in [0.15, 0.2) is 14.9 Å². The van der Waals surface area contributed by atoms with Crippen LogP contribution in [0.2, 0.25) is 0 Å². The van der Waals surface area contributed by atoms with Gasteiger partial charge in [-0.05, 0) is 175 Å². The molecule has 8 nitrogen and oxygen atoms in total. The normalized spacial score (nSPS) is 13.1. The first-order valence-corrected chi connectivity index (χ1v) is 44.8. The number of thiazole rings is 3. The molecule has 0 aliphatic heterocycles. The zero-order chi connectivity index (χ0) is 82.2. The molecule has 0 radical (unpaired) electrons. The van der Waals surface area contributed by atoms with E-state index in [1.807, 2.05) is 0 Å². The van der Waals surface area contributed by atoms with Gasteiger partial charge in [-0.2, -0.15) is 0 Å². The van der Waals surface area contributed by atoms with E-state index >= 15 is 0 Å². The molecule has 0 amide bonds. The quantitative estimate of drug-likeness (QED) is 0.152. The van der Waals surface area contributed by atoms with Crippen LogP contribution in [-0.4, -0.2) is 37.3 Å². The Hall–Kier alpha value is -14.9. The van der Waals surface area contributed by atoms with Crippen molar-refractivity contribution in [2.45, 2.75) is 38.5 Å². The third kappa shape index (κ3) is 11.1. The van der Waals surface area contributed by atoms with Crippen LogP contribution in [-0.2, 0) is 10.8 Å². The molecule has 0 fully saturated rings. The predicted octanol–water partition coefficient (Wildman–Crippen LogP) is 30.8. The number of fused-ring (bicyclic) bond motifs is 23. The number of nitrogens with zero attached hydrogens (tertiary/aromatic N) is 8. The summed E-state index contributed by atoms with van der Waals surface area (Å²) in [6.07, 6.45) is 0. The van der Waals surface area contributed by atoms with E-state index in [0.29, 0.717) is 0 Å². The van der Waals surface area contributed by atoms with Crippen molar-refractivity contribution >= 4 is 145 Å². The smallest absolute Gasteiger partial charge is 0.195 e. The summed E-state index contributed by atoms with van der Waals surface area (Å²) in [6.45, 7) is 9.39. The Bertz CT molecular complexity index is 8600. The standard InChI is InChI=1S/C42H29N3S.C37H23N3S.C34H24N2S/c1-42(2)33-14-6-3-11-29(33)30-24-21-27(25-34(30)42)40-39(43-41-45(40)37-17-9-10-18-38(37)46-41)26-19-22-28(23-20-26)44-35-15-7-4-12-31(35)32-13-5-8-16-36(32)44;1-2-10-26-23-27(18-17-24(26)9-1)35-36(40-33-15-7-8-16-34(33)41-37(40)38-35)25-19-21-28(22-20-25)39-31-13-5-3-11-29(31)30-12-4-6-14-32(30)39;1-34(2)27-12-6-5-11-25(27)26-18-17-24(20-28(26)34)32-31(23-16-15-21-9-3-4-10-22(21)19-23)35-33-36(32)29-13-7-8-14-30(29)37-33/h3-25H,1-2H3;1-23H;3-20H,1-2H3. The summed E-state index contributed by atoms with van der Waals surface area (Å²) in [4.78, 5) is 18.9. The van der Waals surface area contributed by atoms with Crippen molar-refractivity contribution in [1.29, 1.82) is 0 Å². The van der Waals surface area contributed by atoms with Crippen molar-refractivity contribution in [2.75, 3.05) is 0 Å². The van der Waals surface area contributed by atoms with Gasteiger partial charge in [0.25, 0.3) is 0 Å². The highest BCUT2D eigenvalue weighted by Crippen LogP contribution is 2.54. The van der Waals surface area contributed by atoms with Gasteiger partial charge in [-0.1, -0.05) is 341 Å². The van der Waals surface area contributed by atoms with E-state index in [-0.39, 0.29) is 10.8 Å². The molecule has 17 aromatic carbocycles. The minimum atomic E-state index is -0.0768. The zero-order valence-corrected chi connectivity index (χ0v) is 70.7. The number of rotatable bonds is 8. The lowest BCUT2D eigenvalue weighted by Gasteiger charge is -2.22. The molecular formula is C113H76N8S3. The molecule has 0 saturated heterocycles. The number of hydrogen-bond donors (Lipinski definition) is 0. The van der Waals surface area contributed by atoms with Gasteiger partial charge in [-0.15, -0.1) is 0 Å². The Labute approximate surface area is 726 Å². The first-order chi connectivity index (χ1) is 61.0. The lowest BCUT2D eigenvalue weighted by molar-refractivity contribution is 0.660. The fourth-order valence-corrected chi connectivity index (χ4v) is 23.3. The fourth-order valence-electron chi connectivity index (χ4n) is 20.3. The zero-order valence-electron chi connectivity index (χ0n) is 68.3. The molecule has 0 spiro atoms. The van der Waals surface area contributed by atoms with E-state index in [0.717, 1.165) is 82.7 Å². The molecule has 0 atom stereocenters. The number of aromatic nitrogens is 8. The molecule has 8 heterocycles. The molecule has 11 heteroatoms. The topological polar surface area (TPSA) is 61.8 Å². The monoisotopic (exact) mass is 1640 g/mol. The van der Waals surface area contributed by atoms with Crippen LogP contribution < -0.4 is 0 Å². The van der Waals surface area contributed by atoms with Crippen molar-refractivity contribution in [3.63, 3.8) is 0 Å². The largest absolute Gasteiger partial charge is 0.309 e. The first kappa shape index (κ1) is 72.0. The molecule has 2 aliphatic carbocycles. The lowest BCUT2D eigenvalue weighted by Crippen LogP contribution is -2.15. The second-order valence-electron chi connectivity index (χ2n) is 33.8. The van der Waals surface area contributed by atoms with Gasteiger partial charge in [0, 0.05) is 77.1 Å². The number of benzene rings is 17. The van der Waals surface area contributed by atoms with E-state index in [9.17, 15) is 0 Å². The molecule has 2 aliphatic rings. The van der Waals surface area contributed by atoms with Crippen LogP contribution >= 0.6 is 34.0 Å². The van der Waals surface area contributed by atoms with Gasteiger partial charge in [0.05, 0.1) is 86.9 Å². The average Bonchev–Trinajstić information content (AvgIpc) is 1.57. The van der Waals surface area contributed by atoms with E-state index in [1.165, 1.54) is 151 Å². The van der Waals surface area contributed by atoms with E-state index < -0.39 is 0 Å². The second-order valence-corrected chi connectivity index (χ2v) is 36.8. The highest BCUT2D eigenvalue weighted by Gasteiger charge is 2.38. The van der Waals surface area contributed by atoms with Gasteiger partial charge >= 0.3 is 0 Å². The Morgan fingerprint density at radius 3 is 0.887 bits per heavy atom. The minimum absolute atomic E-state index is 0.0500. The van der Waals surface area contributed by atoms with Gasteiger partial charge in [0.2, 0.25) is 0 Å². The maximum Gasteiger partial charge on any atom is 0.195 e. The van der Waals surface area contributed by atoms with Crippen LogP contribution in [0.4, 0.5) is 0 Å². The number of imidazole rings is 3. The summed E-state index contributed by atoms with van der Waals surface area (Å²) in [5, 5.41) is 10.0. The maximum atomic E-state index is 5.33. The Morgan fingerprint density at radius 2 is 0.500 bits per heavy atom. The highest BCUT2D eigenvalue weighted by molar-refractivity contribution is 7.24. The molecule has 0 unspecified atom stereocenters. The van der Waals surface area contributed by atoms with Crippen LogP contribution in [0.5, 0.6) is 0 Å². The lowest BCUT2D eigenvalue weighted by atomic mass is 9.82. The van der Waals surface area contributed by atoms with Crippen LogP contribution in [0.3, 0.4) is 0 Å². The summed E-state index contributed by atoms with van der Waals surface area (Å²) in [5.41, 5.74) is 35.0. The fraction of sp³-hybridized carbons (Fsp3) is 0.0531. The van der Waals surface area contributed by atoms with Crippen LogP contribution in [0.25, 0.3) is 212 Å². The van der Waals surface area contributed by atoms with Gasteiger partial charge in [0.1, 0.15) is 0 Å². The molecule has 0 saturated carbocycles. The summed E-state index contributed by atoms with van der Waals surface area (Å²) < 4.78 is 15.5. The van der Waals surface area contributed by atoms with Gasteiger partial charge in [-0.3, -0.25) is 13.2 Å². The number of hydrogen-bond acceptors (Lipinski definition) is 6. The molecular weight excluding hydrogens is 1570 g/mol. The summed E-state index contributed by atoms with van der Waals surface area (Å²) in [7, 11) is 0. The SMILES string of the molecule is CC1(C)c2ccccc2-c2ccc(-c3c(-c4ccc(-n5c6ccccc6c6ccccc65)cc4)nc4sc5ccccc5n34)cc21.CC1(C)c2ccccc2-c2ccc(-c3c(-c4ccc5ccccc5c4)nc4sc5ccccc5n34)cc21.c1ccc2cc(-c3nc4sc5ccccc5n4c3-c3ccc(-n4c5ccccc5c5ccccc54)cc3)ccc2c1. The molecule has 0 bridgehead atoms. The van der Waals surface area contributed by atoms with E-state index in [1.54, 1.807) is 34.0 Å². The molecule has 27 rings (SSSR count). The highest BCUT2D eigenvalue weighted by atomic mass is 32.1. The van der Waals surface area contributed by atoms with Crippen molar-refractivity contribution in [3.8, 4) is 101 Å². The Balaban J connectivity index is 0.000000103. The van der Waals surface area contributed by atoms with E-state index in [2.05, 4.69) is 438 Å². The predicted molar refractivity (Wildman–Crippen MR) is 523 cm³/mol. The minimum Gasteiger partial charge on any atom is -0.309 e. The maximum absolute atomic E-state index is 5.33. The van der Waals surface area contributed by atoms with Crippen LogP contribution in [0.1, 0.15) is 49.9 Å². The van der Waals surface area contributed by atoms with Crippen molar-refractivity contribution in [2.24, 2.45) is 0 Å². The molecule has 0 N–H and O–H groups in total. The molecule has 25 aromatic rings. The summed E-state index contributed by atoms with van der Waals surface area (Å²) in [6, 6.07) is 141. The summed E-state index contributed by atoms with van der Waals surface area (Å²) >= 11 is 5.25. The van der Waals surface area contributed by atoms with Crippen LogP contribution in [0.15, 0.2) is 388 Å². The van der Waals surface area contributed by atoms with Crippen molar-refractivity contribution < 1.29 is 0 Å². The molecule has 586 valence electrons. The molecule has 8 aromatic heterocycles. The summed E-state index contributed by atoms with van der Waals surface area (Å²) in [5.74, 6) is 0. The van der Waals surface area contributed by atoms with Crippen LogP contribution in [0, 0.1) is 0 Å². The van der Waals surface area contributed by atoms with Crippen molar-refractivity contribution in [3.05, 3.63) is 411 Å². The Morgan fingerprint density at radius 1 is 0.218 bits per heavy atom. The number of para-hydroxylation sites is 7. The first-order valence-electron chi connectivity index (χ1n) is 42.4. The second kappa shape index (κ2) is 27.9. The average molecular weight is 1640 g/mol. The third-order valence-electron chi connectivity index (χ3n) is 26.2. The third-order valence-corrected chi connectivity index (χ3v) is 29.2. The Kier molecular flexibility index (Phi) is 16.2. The molecule has 124 heavy (non-hydrogen) atoms. The van der Waals surface area contributed by atoms with Gasteiger partial charge < -0.3 is 9.13 Å². The van der Waals surface area contributed by atoms with Gasteiger partial charge in [-0.25, -0.2) is 15.0 Å².